The molecule has 86 valence electrons. The van der Waals surface area contributed by atoms with Gasteiger partial charge in [0.2, 0.25) is 0 Å². The Labute approximate surface area is 102 Å². The molecular formula is C11H12BrFN2O. The maximum absolute atomic E-state index is 13.2. The van der Waals surface area contributed by atoms with E-state index < -0.39 is 5.82 Å². The molecule has 1 heterocycles. The Morgan fingerprint density at radius 3 is 3.00 bits per heavy atom. The van der Waals surface area contributed by atoms with Crippen LogP contribution in [0.1, 0.15) is 16.8 Å². The highest BCUT2D eigenvalue weighted by Gasteiger charge is 2.17. The number of rotatable bonds is 2. The molecule has 0 radical (unpaired) electrons. The Hall–Kier alpha value is -0.940. The van der Waals surface area contributed by atoms with E-state index in [1.54, 1.807) is 6.07 Å². The third kappa shape index (κ3) is 2.59. The van der Waals surface area contributed by atoms with Crippen molar-refractivity contribution in [2.24, 2.45) is 0 Å². The number of hydrogen-bond donors (Lipinski definition) is 2. The second kappa shape index (κ2) is 4.93. The van der Waals surface area contributed by atoms with E-state index in [1.807, 2.05) is 0 Å². The fourth-order valence-corrected chi connectivity index (χ4v) is 1.93. The maximum atomic E-state index is 13.2. The first kappa shape index (κ1) is 11.5. The summed E-state index contributed by atoms with van der Waals surface area (Å²) in [6.07, 6.45) is 0.921. The lowest BCUT2D eigenvalue weighted by Gasteiger charge is -2.11. The topological polar surface area (TPSA) is 41.1 Å². The van der Waals surface area contributed by atoms with Crippen LogP contribution in [-0.2, 0) is 0 Å². The van der Waals surface area contributed by atoms with Crippen molar-refractivity contribution in [3.8, 4) is 0 Å². The normalized spacial score (nSPS) is 19.8. The van der Waals surface area contributed by atoms with Crippen molar-refractivity contribution in [1.82, 2.24) is 10.6 Å². The molecule has 1 aromatic rings. The molecular weight excluding hydrogens is 275 g/mol. The molecule has 0 unspecified atom stereocenters. The summed E-state index contributed by atoms with van der Waals surface area (Å²) in [6.45, 7) is 1.70. The minimum Gasteiger partial charge on any atom is -0.348 e. The first-order valence-electron chi connectivity index (χ1n) is 5.13. The van der Waals surface area contributed by atoms with E-state index >= 15 is 0 Å². The Morgan fingerprint density at radius 2 is 2.38 bits per heavy atom. The lowest BCUT2D eigenvalue weighted by Crippen LogP contribution is -2.36. The average molecular weight is 287 g/mol. The number of carbonyl (C=O) groups excluding carboxylic acids is 1. The molecule has 1 amide bonds. The van der Waals surface area contributed by atoms with Gasteiger partial charge in [-0.05, 0) is 47.1 Å². The van der Waals surface area contributed by atoms with Crippen LogP contribution in [0.4, 0.5) is 4.39 Å². The van der Waals surface area contributed by atoms with Gasteiger partial charge in [-0.3, -0.25) is 4.79 Å². The SMILES string of the molecule is O=C(N[C@@H]1CCNC1)c1ccc(Br)c(F)c1. The summed E-state index contributed by atoms with van der Waals surface area (Å²) in [5.74, 6) is -0.641. The number of nitrogens with one attached hydrogen (secondary N) is 2. The monoisotopic (exact) mass is 286 g/mol. The second-order valence-corrected chi connectivity index (χ2v) is 4.65. The van der Waals surface area contributed by atoms with E-state index in [4.69, 9.17) is 0 Å². The molecule has 1 atom stereocenters. The Kier molecular flexibility index (Phi) is 3.56. The highest BCUT2D eigenvalue weighted by molar-refractivity contribution is 9.10. The van der Waals surface area contributed by atoms with Gasteiger partial charge in [0, 0.05) is 18.2 Å². The van der Waals surface area contributed by atoms with E-state index in [0.717, 1.165) is 19.5 Å². The van der Waals surface area contributed by atoms with Crippen LogP contribution >= 0.6 is 15.9 Å². The largest absolute Gasteiger partial charge is 0.348 e. The molecule has 1 aliphatic heterocycles. The third-order valence-corrected chi connectivity index (χ3v) is 3.22. The highest BCUT2D eigenvalue weighted by Crippen LogP contribution is 2.16. The lowest BCUT2D eigenvalue weighted by atomic mass is 10.2. The molecule has 3 nitrogen and oxygen atoms in total. The Morgan fingerprint density at radius 1 is 1.56 bits per heavy atom. The van der Waals surface area contributed by atoms with Gasteiger partial charge in [-0.15, -0.1) is 0 Å². The molecule has 5 heteroatoms. The molecule has 0 bridgehead atoms. The predicted molar refractivity (Wildman–Crippen MR) is 62.8 cm³/mol. The molecule has 2 N–H and O–H groups in total. The highest BCUT2D eigenvalue weighted by atomic mass is 79.9. The fraction of sp³-hybridized carbons (Fsp3) is 0.364. The molecule has 0 saturated carbocycles. The Bertz CT molecular complexity index is 405. The minimum atomic E-state index is -0.419. The first-order chi connectivity index (χ1) is 7.66. The molecule has 0 aromatic heterocycles. The average Bonchev–Trinajstić information content (AvgIpc) is 2.74. The van der Waals surface area contributed by atoms with E-state index in [0.29, 0.717) is 10.0 Å². The van der Waals surface area contributed by atoms with Crippen molar-refractivity contribution in [1.29, 1.82) is 0 Å². The molecule has 1 aromatic carbocycles. The standard InChI is InChI=1S/C11H12BrFN2O/c12-9-2-1-7(5-10(9)13)11(16)15-8-3-4-14-6-8/h1-2,5,8,14H,3-4,6H2,(H,15,16)/t8-/m1/s1. The number of hydrogen-bond acceptors (Lipinski definition) is 2. The van der Waals surface area contributed by atoms with Crippen LogP contribution in [0.5, 0.6) is 0 Å². The lowest BCUT2D eigenvalue weighted by molar-refractivity contribution is 0.0939. The summed E-state index contributed by atoms with van der Waals surface area (Å²) in [5.41, 5.74) is 0.354. The van der Waals surface area contributed by atoms with E-state index in [-0.39, 0.29) is 11.9 Å². The number of halogens is 2. The van der Waals surface area contributed by atoms with Crippen molar-refractivity contribution in [2.75, 3.05) is 13.1 Å². The summed E-state index contributed by atoms with van der Waals surface area (Å²) in [5, 5.41) is 6.01. The molecule has 1 fully saturated rings. The van der Waals surface area contributed by atoms with E-state index in [1.165, 1.54) is 12.1 Å². The molecule has 16 heavy (non-hydrogen) atoms. The van der Waals surface area contributed by atoms with Gasteiger partial charge in [0.25, 0.3) is 5.91 Å². The first-order valence-corrected chi connectivity index (χ1v) is 5.93. The van der Waals surface area contributed by atoms with Crippen molar-refractivity contribution in [3.63, 3.8) is 0 Å². The van der Waals surface area contributed by atoms with E-state index in [9.17, 15) is 9.18 Å². The summed E-state index contributed by atoms with van der Waals surface area (Å²) in [6, 6.07) is 4.53. The molecule has 1 saturated heterocycles. The van der Waals surface area contributed by atoms with Crippen LogP contribution < -0.4 is 10.6 Å². The molecule has 1 aliphatic rings. The van der Waals surface area contributed by atoms with Gasteiger partial charge in [0.1, 0.15) is 5.82 Å². The van der Waals surface area contributed by atoms with Crippen LogP contribution in [-0.4, -0.2) is 25.0 Å². The zero-order chi connectivity index (χ0) is 11.5. The van der Waals surface area contributed by atoms with Gasteiger partial charge in [0.05, 0.1) is 4.47 Å². The van der Waals surface area contributed by atoms with Crippen molar-refractivity contribution in [3.05, 3.63) is 34.1 Å². The third-order valence-electron chi connectivity index (χ3n) is 2.58. The fourth-order valence-electron chi connectivity index (χ4n) is 1.68. The van der Waals surface area contributed by atoms with Crippen LogP contribution in [0.3, 0.4) is 0 Å². The Balaban J connectivity index is 2.05. The predicted octanol–water partition coefficient (Wildman–Crippen LogP) is 1.68. The van der Waals surface area contributed by atoms with Gasteiger partial charge in [-0.25, -0.2) is 4.39 Å². The minimum absolute atomic E-state index is 0.152. The number of benzene rings is 1. The summed E-state index contributed by atoms with van der Waals surface area (Å²) in [7, 11) is 0. The zero-order valence-corrected chi connectivity index (χ0v) is 10.2. The van der Waals surface area contributed by atoms with Crippen LogP contribution in [0, 0.1) is 5.82 Å². The summed E-state index contributed by atoms with van der Waals surface area (Å²) >= 11 is 3.05. The van der Waals surface area contributed by atoms with Crippen molar-refractivity contribution < 1.29 is 9.18 Å². The van der Waals surface area contributed by atoms with Crippen molar-refractivity contribution in [2.45, 2.75) is 12.5 Å². The number of carbonyl (C=O) groups is 1. The molecule has 2 rings (SSSR count). The zero-order valence-electron chi connectivity index (χ0n) is 8.59. The summed E-state index contributed by atoms with van der Waals surface area (Å²) in [4.78, 5) is 11.7. The van der Waals surface area contributed by atoms with Gasteiger partial charge < -0.3 is 10.6 Å². The van der Waals surface area contributed by atoms with Gasteiger partial charge in [-0.1, -0.05) is 0 Å². The quantitative estimate of drug-likeness (QED) is 0.869. The van der Waals surface area contributed by atoms with E-state index in [2.05, 4.69) is 26.6 Å². The summed E-state index contributed by atoms with van der Waals surface area (Å²) < 4.78 is 13.6. The van der Waals surface area contributed by atoms with Crippen LogP contribution in [0.15, 0.2) is 22.7 Å². The van der Waals surface area contributed by atoms with Crippen LogP contribution in [0.25, 0.3) is 0 Å². The van der Waals surface area contributed by atoms with Gasteiger partial charge in [0.15, 0.2) is 0 Å². The number of amides is 1. The molecule has 0 spiro atoms. The smallest absolute Gasteiger partial charge is 0.251 e. The van der Waals surface area contributed by atoms with Gasteiger partial charge >= 0.3 is 0 Å². The van der Waals surface area contributed by atoms with Crippen LogP contribution in [0.2, 0.25) is 0 Å². The molecule has 0 aliphatic carbocycles. The maximum Gasteiger partial charge on any atom is 0.251 e. The van der Waals surface area contributed by atoms with Crippen molar-refractivity contribution >= 4 is 21.8 Å². The van der Waals surface area contributed by atoms with Gasteiger partial charge in [-0.2, -0.15) is 0 Å². The second-order valence-electron chi connectivity index (χ2n) is 3.79.